The van der Waals surface area contributed by atoms with Gasteiger partial charge in [-0.05, 0) is 31.2 Å². The molecule has 1 aromatic heterocycles. The second kappa shape index (κ2) is 5.83. The lowest BCUT2D eigenvalue weighted by molar-refractivity contribution is 0.0430. The van der Waals surface area contributed by atoms with Crippen LogP contribution in [0.1, 0.15) is 44.0 Å². The molecule has 2 heterocycles. The molecule has 1 aromatic rings. The Labute approximate surface area is 129 Å². The highest BCUT2D eigenvalue weighted by molar-refractivity contribution is 7.81. The monoisotopic (exact) mass is 330 g/mol. The number of halogens is 1. The largest absolute Gasteiger partial charge is 0.488 e. The van der Waals surface area contributed by atoms with Crippen molar-refractivity contribution in [1.82, 2.24) is 9.88 Å². The predicted molar refractivity (Wildman–Crippen MR) is 78.4 cm³/mol. The standard InChI is InChI=1S/C14H19FN2O4S/c1-10-4-5-14(2,3)9-17(10)13(18)11-6-12(8-16-7-11)21-22(15,19)20/h6-8,10H,4-5,9H2,1-3H3. The summed E-state index contributed by atoms with van der Waals surface area (Å²) in [4.78, 5) is 18.1. The molecule has 0 bridgehead atoms. The van der Waals surface area contributed by atoms with Crippen LogP contribution in [0.4, 0.5) is 3.89 Å². The smallest absolute Gasteiger partial charge is 0.357 e. The van der Waals surface area contributed by atoms with Gasteiger partial charge >= 0.3 is 10.5 Å². The van der Waals surface area contributed by atoms with Gasteiger partial charge in [-0.3, -0.25) is 9.78 Å². The van der Waals surface area contributed by atoms with Gasteiger partial charge < -0.3 is 9.08 Å². The van der Waals surface area contributed by atoms with Gasteiger partial charge in [0.05, 0.1) is 11.8 Å². The molecule has 0 N–H and O–H groups in total. The van der Waals surface area contributed by atoms with Crippen molar-refractivity contribution in [2.75, 3.05) is 6.54 Å². The molecule has 1 amide bonds. The number of pyridine rings is 1. The Balaban J connectivity index is 2.23. The third kappa shape index (κ3) is 4.16. The normalized spacial score (nSPS) is 21.5. The molecule has 0 spiro atoms. The number of hydrogen-bond donors (Lipinski definition) is 0. The SMILES string of the molecule is CC1CCC(C)(C)CN1C(=O)c1cncc(OS(=O)(=O)F)c1. The van der Waals surface area contributed by atoms with Crippen LogP contribution in [0.2, 0.25) is 0 Å². The number of carbonyl (C=O) groups excluding carboxylic acids is 1. The molecule has 0 saturated carbocycles. The first kappa shape index (κ1) is 16.7. The molecule has 6 nitrogen and oxygen atoms in total. The fourth-order valence-corrected chi connectivity index (χ4v) is 2.91. The molecule has 0 aliphatic carbocycles. The van der Waals surface area contributed by atoms with Crippen LogP contribution in [-0.2, 0) is 10.5 Å². The average molecular weight is 330 g/mol. The molecule has 1 fully saturated rings. The molecule has 0 aromatic carbocycles. The molecule has 8 heteroatoms. The van der Waals surface area contributed by atoms with Gasteiger partial charge in [-0.2, -0.15) is 8.42 Å². The Bertz CT molecular complexity index is 675. The van der Waals surface area contributed by atoms with Gasteiger partial charge in [-0.15, -0.1) is 0 Å². The van der Waals surface area contributed by atoms with Gasteiger partial charge in [0.15, 0.2) is 5.75 Å². The minimum absolute atomic E-state index is 0.0198. The van der Waals surface area contributed by atoms with Gasteiger partial charge in [0.1, 0.15) is 0 Å². The first-order valence-electron chi connectivity index (χ1n) is 6.97. The van der Waals surface area contributed by atoms with Crippen molar-refractivity contribution in [1.29, 1.82) is 0 Å². The lowest BCUT2D eigenvalue weighted by atomic mass is 9.81. The van der Waals surface area contributed by atoms with Crippen LogP contribution in [0.15, 0.2) is 18.5 Å². The Morgan fingerprint density at radius 1 is 1.45 bits per heavy atom. The molecule has 1 aliphatic heterocycles. The number of carbonyl (C=O) groups is 1. The van der Waals surface area contributed by atoms with Crippen LogP contribution in [0.5, 0.6) is 5.75 Å². The van der Waals surface area contributed by atoms with Gasteiger partial charge in [0, 0.05) is 18.8 Å². The molecule has 1 atom stereocenters. The van der Waals surface area contributed by atoms with Crippen LogP contribution in [0.3, 0.4) is 0 Å². The fraction of sp³-hybridized carbons (Fsp3) is 0.571. The predicted octanol–water partition coefficient (Wildman–Crippen LogP) is 2.33. The molecule has 122 valence electrons. The first-order chi connectivity index (χ1) is 10.1. The molecule has 1 saturated heterocycles. The topological polar surface area (TPSA) is 76.6 Å². The zero-order chi connectivity index (χ0) is 16.5. The van der Waals surface area contributed by atoms with Crippen molar-refractivity contribution in [3.8, 4) is 5.75 Å². The van der Waals surface area contributed by atoms with Gasteiger partial charge in [0.25, 0.3) is 5.91 Å². The van der Waals surface area contributed by atoms with E-state index < -0.39 is 10.5 Å². The molecule has 1 aliphatic rings. The maximum atomic E-state index is 12.6. The number of amides is 1. The quantitative estimate of drug-likeness (QED) is 0.795. The third-order valence-electron chi connectivity index (χ3n) is 3.79. The van der Waals surface area contributed by atoms with E-state index in [0.29, 0.717) is 6.54 Å². The zero-order valence-corrected chi connectivity index (χ0v) is 13.6. The van der Waals surface area contributed by atoms with Crippen molar-refractivity contribution < 1.29 is 21.3 Å². The molecular formula is C14H19FN2O4S. The van der Waals surface area contributed by atoms with Crippen molar-refractivity contribution in [2.24, 2.45) is 5.41 Å². The van der Waals surface area contributed by atoms with Gasteiger partial charge in [-0.1, -0.05) is 17.7 Å². The lowest BCUT2D eigenvalue weighted by Gasteiger charge is -2.42. The molecule has 22 heavy (non-hydrogen) atoms. The lowest BCUT2D eigenvalue weighted by Crippen LogP contribution is -2.48. The third-order valence-corrected chi connectivity index (χ3v) is 4.18. The maximum absolute atomic E-state index is 12.6. The van der Waals surface area contributed by atoms with Crippen LogP contribution in [0.25, 0.3) is 0 Å². The summed E-state index contributed by atoms with van der Waals surface area (Å²) in [7, 11) is -5.14. The summed E-state index contributed by atoms with van der Waals surface area (Å²) >= 11 is 0. The number of aromatic nitrogens is 1. The highest BCUT2D eigenvalue weighted by Crippen LogP contribution is 2.32. The maximum Gasteiger partial charge on any atom is 0.488 e. The number of piperidine rings is 1. The molecular weight excluding hydrogens is 311 g/mol. The van der Waals surface area contributed by atoms with E-state index in [1.54, 1.807) is 4.90 Å². The van der Waals surface area contributed by atoms with Crippen LogP contribution in [0, 0.1) is 5.41 Å². The van der Waals surface area contributed by atoms with Crippen molar-refractivity contribution in [3.05, 3.63) is 24.0 Å². The summed E-state index contributed by atoms with van der Waals surface area (Å²) in [5.41, 5.74) is 0.192. The summed E-state index contributed by atoms with van der Waals surface area (Å²) < 4.78 is 37.7. The summed E-state index contributed by atoms with van der Waals surface area (Å²) in [5, 5.41) is 0. The Morgan fingerprint density at radius 3 is 2.77 bits per heavy atom. The summed E-state index contributed by atoms with van der Waals surface area (Å²) in [6.07, 6.45) is 4.27. The van der Waals surface area contributed by atoms with Crippen LogP contribution < -0.4 is 4.18 Å². The Morgan fingerprint density at radius 2 is 2.14 bits per heavy atom. The van der Waals surface area contributed by atoms with Crippen molar-refractivity contribution in [2.45, 2.75) is 39.7 Å². The van der Waals surface area contributed by atoms with Gasteiger partial charge in [-0.25, -0.2) is 0 Å². The highest BCUT2D eigenvalue weighted by atomic mass is 32.3. The Hall–Kier alpha value is -1.70. The summed E-state index contributed by atoms with van der Waals surface area (Å²) in [6, 6.07) is 1.26. The van der Waals surface area contributed by atoms with E-state index in [-0.39, 0.29) is 28.7 Å². The van der Waals surface area contributed by atoms with E-state index in [4.69, 9.17) is 0 Å². The van der Waals surface area contributed by atoms with E-state index in [0.717, 1.165) is 19.0 Å². The molecule has 0 radical (unpaired) electrons. The van der Waals surface area contributed by atoms with Crippen molar-refractivity contribution in [3.63, 3.8) is 0 Å². The van der Waals surface area contributed by atoms with E-state index in [1.807, 2.05) is 6.92 Å². The highest BCUT2D eigenvalue weighted by Gasteiger charge is 2.34. The number of rotatable bonds is 3. The van der Waals surface area contributed by atoms with E-state index in [1.165, 1.54) is 12.3 Å². The minimum Gasteiger partial charge on any atom is -0.357 e. The molecule has 1 unspecified atom stereocenters. The fourth-order valence-electron chi connectivity index (χ4n) is 2.59. The number of hydrogen-bond acceptors (Lipinski definition) is 5. The number of likely N-dealkylation sites (tertiary alicyclic amines) is 1. The van der Waals surface area contributed by atoms with Gasteiger partial charge in [0.2, 0.25) is 0 Å². The number of nitrogens with zero attached hydrogens (tertiary/aromatic N) is 2. The second-order valence-electron chi connectivity index (χ2n) is 6.37. The first-order valence-corrected chi connectivity index (χ1v) is 8.28. The Kier molecular flexibility index (Phi) is 4.42. The second-order valence-corrected chi connectivity index (χ2v) is 7.32. The minimum atomic E-state index is -5.14. The van der Waals surface area contributed by atoms with Crippen molar-refractivity contribution >= 4 is 16.4 Å². The zero-order valence-electron chi connectivity index (χ0n) is 12.7. The molecule has 2 rings (SSSR count). The van der Waals surface area contributed by atoms with E-state index in [9.17, 15) is 17.1 Å². The van der Waals surface area contributed by atoms with E-state index in [2.05, 4.69) is 23.0 Å². The van der Waals surface area contributed by atoms with Crippen LogP contribution in [-0.4, -0.2) is 36.8 Å². The van der Waals surface area contributed by atoms with Crippen LogP contribution >= 0.6 is 0 Å². The summed E-state index contributed by atoms with van der Waals surface area (Å²) in [6.45, 7) is 6.74. The average Bonchev–Trinajstić information content (AvgIpc) is 2.39. The van der Waals surface area contributed by atoms with E-state index >= 15 is 0 Å². The summed E-state index contributed by atoms with van der Waals surface area (Å²) in [5.74, 6) is -0.591.